The van der Waals surface area contributed by atoms with Crippen LogP contribution in [0.4, 0.5) is 5.69 Å². The van der Waals surface area contributed by atoms with E-state index in [1.165, 1.54) is 24.3 Å². The van der Waals surface area contributed by atoms with Crippen molar-refractivity contribution >= 4 is 13.1 Å². The van der Waals surface area contributed by atoms with Crippen LogP contribution < -0.4 is 4.52 Å². The van der Waals surface area contributed by atoms with Crippen LogP contribution in [0.5, 0.6) is 5.75 Å². The van der Waals surface area contributed by atoms with Gasteiger partial charge in [-0.25, -0.2) is 0 Å². The van der Waals surface area contributed by atoms with E-state index in [0.717, 1.165) is 18.4 Å². The van der Waals surface area contributed by atoms with Gasteiger partial charge in [-0.05, 0) is 31.9 Å². The second-order valence-corrected chi connectivity index (χ2v) is 6.71. The number of hydrogen-bond donors (Lipinski definition) is 0. The minimum Gasteiger partial charge on any atom is -0.440 e. The lowest BCUT2D eigenvalue weighted by atomic mass is 10.2. The molecule has 0 saturated carbocycles. The molecule has 1 aliphatic heterocycles. The maximum absolute atomic E-state index is 12.4. The van der Waals surface area contributed by atoms with Gasteiger partial charge in [0.1, 0.15) is 5.75 Å². The Hall–Kier alpha value is -1.61. The maximum atomic E-state index is 12.4. The Morgan fingerprint density at radius 1 is 1.33 bits per heavy atom. The number of benzene rings is 1. The molecule has 0 fully saturated rings. The third-order valence-corrected chi connectivity index (χ3v) is 5.06. The van der Waals surface area contributed by atoms with E-state index in [2.05, 4.69) is 0 Å². The second-order valence-electron chi connectivity index (χ2n) is 4.37. The van der Waals surface area contributed by atoms with Crippen molar-refractivity contribution in [3.05, 3.63) is 45.8 Å². The summed E-state index contributed by atoms with van der Waals surface area (Å²) in [6, 6.07) is 5.66. The molecule has 0 bridgehead atoms. The molecular formula is C12H14NO4P. The molecule has 1 aromatic carbocycles. The van der Waals surface area contributed by atoms with Crippen LogP contribution in [0, 0.1) is 10.1 Å². The average Bonchev–Trinajstić information content (AvgIpc) is 2.28. The lowest BCUT2D eigenvalue weighted by molar-refractivity contribution is -0.384. The molecule has 2 rings (SSSR count). The van der Waals surface area contributed by atoms with E-state index in [4.69, 9.17) is 4.52 Å². The number of rotatable bonds is 3. The largest absolute Gasteiger partial charge is 0.440 e. The van der Waals surface area contributed by atoms with Crippen molar-refractivity contribution in [1.82, 2.24) is 0 Å². The van der Waals surface area contributed by atoms with Crippen LogP contribution in [0.15, 0.2) is 35.7 Å². The molecule has 0 saturated heterocycles. The summed E-state index contributed by atoms with van der Waals surface area (Å²) >= 11 is 0. The maximum Gasteiger partial charge on any atom is 0.270 e. The lowest BCUT2D eigenvalue weighted by Gasteiger charge is -2.21. The molecule has 18 heavy (non-hydrogen) atoms. The highest BCUT2D eigenvalue weighted by Crippen LogP contribution is 2.53. The minimum absolute atomic E-state index is 0.00370. The molecular weight excluding hydrogens is 253 g/mol. The Kier molecular flexibility index (Phi) is 3.53. The number of nitro benzene ring substituents is 1. The number of nitro groups is 1. The second kappa shape index (κ2) is 4.94. The zero-order valence-electron chi connectivity index (χ0n) is 10.0. The first kappa shape index (κ1) is 12.8. The van der Waals surface area contributed by atoms with Gasteiger partial charge in [0.25, 0.3) is 13.1 Å². The van der Waals surface area contributed by atoms with Crippen molar-refractivity contribution in [3.63, 3.8) is 0 Å². The molecule has 0 N–H and O–H groups in total. The van der Waals surface area contributed by atoms with Crippen LogP contribution in [0.2, 0.25) is 0 Å². The standard InChI is InChI=1S/C12H14NO4P/c1-10-3-2-8-18(16,9-10)17-12-6-4-11(5-7-12)13(14)15/h4-7,9H,2-3,8H2,1H3/t18-/m0/s1. The molecule has 0 amide bonds. The first-order chi connectivity index (χ1) is 8.48. The molecule has 0 aliphatic carbocycles. The van der Waals surface area contributed by atoms with E-state index in [-0.39, 0.29) is 5.69 Å². The van der Waals surface area contributed by atoms with Gasteiger partial charge in [0.15, 0.2) is 0 Å². The molecule has 1 heterocycles. The number of allylic oxidation sites excluding steroid dienone is 1. The van der Waals surface area contributed by atoms with Crippen LogP contribution in [-0.4, -0.2) is 11.1 Å². The van der Waals surface area contributed by atoms with Gasteiger partial charge in [-0.1, -0.05) is 5.57 Å². The lowest BCUT2D eigenvalue weighted by Crippen LogP contribution is -2.02. The Bertz CT molecular complexity index is 536. The first-order valence-corrected chi connectivity index (χ1v) is 7.58. The van der Waals surface area contributed by atoms with E-state index in [0.29, 0.717) is 11.9 Å². The van der Waals surface area contributed by atoms with Crippen molar-refractivity contribution in [3.8, 4) is 5.75 Å². The van der Waals surface area contributed by atoms with Crippen molar-refractivity contribution in [2.45, 2.75) is 19.8 Å². The molecule has 1 aromatic rings. The highest BCUT2D eigenvalue weighted by Gasteiger charge is 2.25. The van der Waals surface area contributed by atoms with Gasteiger partial charge >= 0.3 is 0 Å². The fraction of sp³-hybridized carbons (Fsp3) is 0.333. The summed E-state index contributed by atoms with van der Waals surface area (Å²) in [5, 5.41) is 10.5. The van der Waals surface area contributed by atoms with E-state index in [1.54, 1.807) is 5.82 Å². The fourth-order valence-corrected chi connectivity index (χ4v) is 4.07. The Morgan fingerprint density at radius 3 is 2.56 bits per heavy atom. The summed E-state index contributed by atoms with van der Waals surface area (Å²) < 4.78 is 17.9. The Balaban J connectivity index is 2.16. The summed E-state index contributed by atoms with van der Waals surface area (Å²) in [7, 11) is -2.76. The van der Waals surface area contributed by atoms with Crippen molar-refractivity contribution in [2.75, 3.05) is 6.16 Å². The van der Waals surface area contributed by atoms with Crippen LogP contribution in [0.25, 0.3) is 0 Å². The van der Waals surface area contributed by atoms with E-state index >= 15 is 0 Å². The van der Waals surface area contributed by atoms with Crippen LogP contribution in [-0.2, 0) is 4.57 Å². The number of hydrogen-bond acceptors (Lipinski definition) is 4. The smallest absolute Gasteiger partial charge is 0.270 e. The van der Waals surface area contributed by atoms with Crippen LogP contribution >= 0.6 is 7.37 Å². The van der Waals surface area contributed by atoms with E-state index in [9.17, 15) is 14.7 Å². The van der Waals surface area contributed by atoms with Gasteiger partial charge in [-0.15, -0.1) is 0 Å². The Labute approximate surface area is 105 Å². The zero-order chi connectivity index (χ0) is 13.2. The molecule has 96 valence electrons. The topological polar surface area (TPSA) is 69.4 Å². The summed E-state index contributed by atoms with van der Waals surface area (Å²) in [6.45, 7) is 1.94. The average molecular weight is 267 g/mol. The number of non-ortho nitro benzene ring substituents is 1. The quantitative estimate of drug-likeness (QED) is 0.472. The summed E-state index contributed by atoms with van der Waals surface area (Å²) in [5.41, 5.74) is 1.07. The van der Waals surface area contributed by atoms with E-state index < -0.39 is 12.3 Å². The summed E-state index contributed by atoms with van der Waals surface area (Å²) in [4.78, 5) is 10.0. The van der Waals surface area contributed by atoms with Gasteiger partial charge in [0.2, 0.25) is 0 Å². The third-order valence-electron chi connectivity index (χ3n) is 2.77. The van der Waals surface area contributed by atoms with Gasteiger partial charge in [0, 0.05) is 24.1 Å². The highest BCUT2D eigenvalue weighted by molar-refractivity contribution is 7.62. The Morgan fingerprint density at radius 2 is 2.00 bits per heavy atom. The normalized spacial score (nSPS) is 23.3. The van der Waals surface area contributed by atoms with Crippen LogP contribution in [0.3, 0.4) is 0 Å². The highest BCUT2D eigenvalue weighted by atomic mass is 31.2. The number of nitrogens with zero attached hydrogens (tertiary/aromatic N) is 1. The van der Waals surface area contributed by atoms with Gasteiger partial charge < -0.3 is 4.52 Å². The van der Waals surface area contributed by atoms with Crippen molar-refractivity contribution in [2.24, 2.45) is 0 Å². The monoisotopic (exact) mass is 267 g/mol. The minimum atomic E-state index is -2.76. The SMILES string of the molecule is CC1=C[P@@](=O)(Oc2ccc([N+](=O)[O-])cc2)CCC1. The third kappa shape index (κ3) is 2.99. The molecule has 1 aliphatic rings. The van der Waals surface area contributed by atoms with Crippen molar-refractivity contribution < 1.29 is 14.0 Å². The molecule has 0 radical (unpaired) electrons. The van der Waals surface area contributed by atoms with Gasteiger partial charge in [0.05, 0.1) is 4.92 Å². The summed E-state index contributed by atoms with van der Waals surface area (Å²) in [5.74, 6) is 2.12. The van der Waals surface area contributed by atoms with E-state index in [1.807, 2.05) is 6.92 Å². The van der Waals surface area contributed by atoms with Gasteiger partial charge in [-0.3, -0.25) is 14.7 Å². The molecule has 5 nitrogen and oxygen atoms in total. The predicted octanol–water partition coefficient (Wildman–Crippen LogP) is 3.95. The van der Waals surface area contributed by atoms with Crippen molar-refractivity contribution in [1.29, 1.82) is 0 Å². The first-order valence-electron chi connectivity index (χ1n) is 5.70. The molecule has 0 unspecified atom stereocenters. The molecule has 6 heteroatoms. The predicted molar refractivity (Wildman–Crippen MR) is 69.2 cm³/mol. The molecule has 0 spiro atoms. The zero-order valence-corrected chi connectivity index (χ0v) is 10.9. The fourth-order valence-electron chi connectivity index (χ4n) is 1.92. The van der Waals surface area contributed by atoms with Gasteiger partial charge in [-0.2, -0.15) is 0 Å². The molecule has 1 atom stereocenters. The molecule has 0 aromatic heterocycles. The summed E-state index contributed by atoms with van der Waals surface area (Å²) in [6.07, 6.45) is 2.33. The van der Waals surface area contributed by atoms with Crippen LogP contribution in [0.1, 0.15) is 19.8 Å².